The SMILES string of the molecule is CC(C)(C)OC(=O)N1CCOC(COc2cc(NC(=O)Oc3ccccc3)n(-c3ccccc3)n2)C1. The number of hydrogen-bond acceptors (Lipinski definition) is 7. The molecule has 1 aromatic heterocycles. The Balaban J connectivity index is 1.42. The number of anilines is 1. The second kappa shape index (κ2) is 11.1. The highest BCUT2D eigenvalue weighted by Crippen LogP contribution is 2.23. The summed E-state index contributed by atoms with van der Waals surface area (Å²) >= 11 is 0. The molecule has 2 amide bonds. The standard InChI is InChI=1S/C26H30N4O6/c1-26(2,3)36-25(32)29-14-15-33-21(17-29)18-34-23-16-22(30(28-23)19-10-6-4-7-11-19)27-24(31)35-20-12-8-5-9-13-20/h4-13,16,21H,14-15,17-18H2,1-3H3,(H,27,31). The van der Waals surface area contributed by atoms with Crippen LogP contribution in [-0.2, 0) is 9.47 Å². The predicted octanol–water partition coefficient (Wildman–Crippen LogP) is 4.50. The number of para-hydroxylation sites is 2. The average Bonchev–Trinajstić information content (AvgIpc) is 3.25. The number of morpholine rings is 1. The molecule has 2 aromatic carbocycles. The summed E-state index contributed by atoms with van der Waals surface area (Å²) in [6.45, 7) is 6.82. The number of nitrogens with zero attached hydrogens (tertiary/aromatic N) is 3. The smallest absolute Gasteiger partial charge is 0.418 e. The normalized spacial score (nSPS) is 15.8. The first-order valence-electron chi connectivity index (χ1n) is 11.7. The van der Waals surface area contributed by atoms with Gasteiger partial charge in [0.2, 0.25) is 5.88 Å². The van der Waals surface area contributed by atoms with Gasteiger partial charge in [0.25, 0.3) is 0 Å². The van der Waals surface area contributed by atoms with E-state index >= 15 is 0 Å². The third-order valence-electron chi connectivity index (χ3n) is 5.08. The van der Waals surface area contributed by atoms with E-state index in [1.54, 1.807) is 39.9 Å². The zero-order chi connectivity index (χ0) is 25.5. The van der Waals surface area contributed by atoms with Gasteiger partial charge in [0, 0.05) is 12.6 Å². The summed E-state index contributed by atoms with van der Waals surface area (Å²) in [5, 5.41) is 7.21. The molecule has 1 fully saturated rings. The molecule has 1 aliphatic rings. The third-order valence-corrected chi connectivity index (χ3v) is 5.08. The van der Waals surface area contributed by atoms with E-state index in [4.69, 9.17) is 18.9 Å². The lowest BCUT2D eigenvalue weighted by Crippen LogP contribution is -2.49. The molecule has 190 valence electrons. The zero-order valence-corrected chi connectivity index (χ0v) is 20.5. The molecule has 10 heteroatoms. The summed E-state index contributed by atoms with van der Waals surface area (Å²) < 4.78 is 24.0. The van der Waals surface area contributed by atoms with Crippen LogP contribution in [-0.4, -0.2) is 64.9 Å². The van der Waals surface area contributed by atoms with Crippen molar-refractivity contribution in [3.63, 3.8) is 0 Å². The monoisotopic (exact) mass is 494 g/mol. The Morgan fingerprint density at radius 3 is 2.47 bits per heavy atom. The minimum absolute atomic E-state index is 0.166. The van der Waals surface area contributed by atoms with Crippen molar-refractivity contribution in [2.75, 3.05) is 31.6 Å². The molecule has 4 rings (SSSR count). The van der Waals surface area contributed by atoms with Crippen LogP contribution in [0.5, 0.6) is 11.6 Å². The minimum Gasteiger partial charge on any atom is -0.474 e. The Labute approximate surface area is 209 Å². The van der Waals surface area contributed by atoms with Crippen LogP contribution in [0.3, 0.4) is 0 Å². The van der Waals surface area contributed by atoms with Gasteiger partial charge in [-0.3, -0.25) is 5.32 Å². The molecule has 0 saturated carbocycles. The van der Waals surface area contributed by atoms with Crippen LogP contribution in [0.1, 0.15) is 20.8 Å². The quantitative estimate of drug-likeness (QED) is 0.538. The molecule has 0 aliphatic carbocycles. The molecule has 1 atom stereocenters. The van der Waals surface area contributed by atoms with E-state index in [0.717, 1.165) is 5.69 Å². The van der Waals surface area contributed by atoms with E-state index in [-0.39, 0.29) is 24.7 Å². The highest BCUT2D eigenvalue weighted by Gasteiger charge is 2.29. The van der Waals surface area contributed by atoms with Crippen LogP contribution in [0.4, 0.5) is 15.4 Å². The molecule has 1 aliphatic heterocycles. The van der Waals surface area contributed by atoms with Crippen molar-refractivity contribution in [1.29, 1.82) is 0 Å². The lowest BCUT2D eigenvalue weighted by molar-refractivity contribution is -0.0561. The van der Waals surface area contributed by atoms with E-state index in [9.17, 15) is 9.59 Å². The Hall–Kier alpha value is -4.05. The van der Waals surface area contributed by atoms with Gasteiger partial charge in [0.15, 0.2) is 0 Å². The van der Waals surface area contributed by atoms with E-state index < -0.39 is 11.7 Å². The minimum atomic E-state index is -0.659. The number of carbonyl (C=O) groups excluding carboxylic acids is 2. The van der Waals surface area contributed by atoms with Gasteiger partial charge in [-0.2, -0.15) is 0 Å². The van der Waals surface area contributed by atoms with Gasteiger partial charge in [0.05, 0.1) is 18.8 Å². The number of aromatic nitrogens is 2. The van der Waals surface area contributed by atoms with Crippen molar-refractivity contribution < 1.29 is 28.5 Å². The predicted molar refractivity (Wildman–Crippen MR) is 133 cm³/mol. The fourth-order valence-electron chi connectivity index (χ4n) is 3.50. The number of carbonyl (C=O) groups is 2. The molecule has 2 heterocycles. The number of amides is 2. The van der Waals surface area contributed by atoms with Crippen LogP contribution in [0.25, 0.3) is 5.69 Å². The Morgan fingerprint density at radius 1 is 1.08 bits per heavy atom. The summed E-state index contributed by atoms with van der Waals surface area (Å²) in [5.74, 6) is 1.07. The number of rotatable bonds is 6. The number of nitrogens with one attached hydrogen (secondary N) is 1. The topological polar surface area (TPSA) is 104 Å². The maximum atomic E-state index is 12.5. The zero-order valence-electron chi connectivity index (χ0n) is 20.5. The van der Waals surface area contributed by atoms with Crippen molar-refractivity contribution in [1.82, 2.24) is 14.7 Å². The Kier molecular flexibility index (Phi) is 7.74. The number of hydrogen-bond donors (Lipinski definition) is 1. The first-order valence-corrected chi connectivity index (χ1v) is 11.7. The molecule has 1 saturated heterocycles. The van der Waals surface area contributed by atoms with Crippen molar-refractivity contribution in [2.45, 2.75) is 32.5 Å². The highest BCUT2D eigenvalue weighted by molar-refractivity contribution is 5.85. The molecule has 0 bridgehead atoms. The number of benzene rings is 2. The summed E-state index contributed by atoms with van der Waals surface area (Å²) in [4.78, 5) is 26.5. The van der Waals surface area contributed by atoms with Crippen molar-refractivity contribution in [3.05, 3.63) is 66.7 Å². The Bertz CT molecular complexity index is 1160. The lowest BCUT2D eigenvalue weighted by Gasteiger charge is -2.33. The van der Waals surface area contributed by atoms with Gasteiger partial charge in [0.1, 0.15) is 29.9 Å². The van der Waals surface area contributed by atoms with Crippen LogP contribution < -0.4 is 14.8 Å². The average molecular weight is 495 g/mol. The van der Waals surface area contributed by atoms with E-state index in [1.165, 1.54) is 0 Å². The van der Waals surface area contributed by atoms with Gasteiger partial charge in [-0.1, -0.05) is 36.4 Å². The van der Waals surface area contributed by atoms with Gasteiger partial charge >= 0.3 is 12.2 Å². The molecule has 0 radical (unpaired) electrons. The second-order valence-corrected chi connectivity index (χ2v) is 9.17. The summed E-state index contributed by atoms with van der Waals surface area (Å²) in [6, 6.07) is 19.7. The van der Waals surface area contributed by atoms with Crippen molar-refractivity contribution in [2.24, 2.45) is 0 Å². The first kappa shape index (κ1) is 25.1. The van der Waals surface area contributed by atoms with Crippen LogP contribution in [0.15, 0.2) is 66.7 Å². The van der Waals surface area contributed by atoms with Gasteiger partial charge in [-0.15, -0.1) is 5.10 Å². The van der Waals surface area contributed by atoms with Gasteiger partial charge in [-0.25, -0.2) is 14.3 Å². The van der Waals surface area contributed by atoms with Crippen LogP contribution in [0, 0.1) is 0 Å². The van der Waals surface area contributed by atoms with E-state index in [2.05, 4.69) is 10.4 Å². The van der Waals surface area contributed by atoms with E-state index in [0.29, 0.717) is 31.3 Å². The highest BCUT2D eigenvalue weighted by atomic mass is 16.6. The van der Waals surface area contributed by atoms with Crippen LogP contribution in [0.2, 0.25) is 0 Å². The second-order valence-electron chi connectivity index (χ2n) is 9.17. The largest absolute Gasteiger partial charge is 0.474 e. The fourth-order valence-corrected chi connectivity index (χ4v) is 3.50. The lowest BCUT2D eigenvalue weighted by atomic mass is 10.2. The molecule has 10 nitrogen and oxygen atoms in total. The van der Waals surface area contributed by atoms with Crippen LogP contribution >= 0.6 is 0 Å². The van der Waals surface area contributed by atoms with Gasteiger partial charge < -0.3 is 23.8 Å². The molecule has 0 spiro atoms. The van der Waals surface area contributed by atoms with Crippen molar-refractivity contribution >= 4 is 18.0 Å². The maximum Gasteiger partial charge on any atom is 0.418 e. The molecule has 1 unspecified atom stereocenters. The fraction of sp³-hybridized carbons (Fsp3) is 0.346. The molecule has 3 aromatic rings. The summed E-state index contributed by atoms with van der Waals surface area (Å²) in [7, 11) is 0. The molecular weight excluding hydrogens is 464 g/mol. The number of ether oxygens (including phenoxy) is 4. The van der Waals surface area contributed by atoms with Crippen molar-refractivity contribution in [3.8, 4) is 17.3 Å². The third kappa shape index (κ3) is 6.98. The van der Waals surface area contributed by atoms with Gasteiger partial charge in [-0.05, 0) is 45.0 Å². The first-order chi connectivity index (χ1) is 17.3. The summed E-state index contributed by atoms with van der Waals surface area (Å²) in [5.41, 5.74) is 0.156. The maximum absolute atomic E-state index is 12.5. The van der Waals surface area contributed by atoms with E-state index in [1.807, 2.05) is 57.2 Å². The summed E-state index contributed by atoms with van der Waals surface area (Å²) in [6.07, 6.45) is -1.39. The molecule has 1 N–H and O–H groups in total. The Morgan fingerprint density at radius 2 is 1.78 bits per heavy atom. The molecule has 36 heavy (non-hydrogen) atoms. The molecular formula is C26H30N4O6.